The van der Waals surface area contributed by atoms with Gasteiger partial charge in [-0.1, -0.05) is 12.0 Å². The van der Waals surface area contributed by atoms with E-state index >= 15 is 8.78 Å². The van der Waals surface area contributed by atoms with Gasteiger partial charge >= 0.3 is 13.8 Å². The van der Waals surface area contributed by atoms with Gasteiger partial charge in [-0.15, -0.1) is 6.42 Å². The highest BCUT2D eigenvalue weighted by Crippen LogP contribution is 2.42. The fourth-order valence-electron chi connectivity index (χ4n) is 8.13. The molecule has 4 saturated heterocycles. The summed E-state index contributed by atoms with van der Waals surface area (Å²) in [5.41, 5.74) is -0.260. The van der Waals surface area contributed by atoms with Crippen LogP contribution in [0, 0.1) is 24.0 Å². The summed E-state index contributed by atoms with van der Waals surface area (Å²) < 4.78 is 59.6. The van der Waals surface area contributed by atoms with Crippen molar-refractivity contribution >= 4 is 35.3 Å². The van der Waals surface area contributed by atoms with Crippen LogP contribution in [0.4, 0.5) is 14.6 Å². The van der Waals surface area contributed by atoms with Crippen LogP contribution in [0.5, 0.6) is 11.8 Å². The average molecular weight is 693 g/mol. The summed E-state index contributed by atoms with van der Waals surface area (Å²) in [6.45, 7) is 3.04. The molecule has 4 aliphatic heterocycles. The second-order valence-electron chi connectivity index (χ2n) is 13.3. The lowest BCUT2D eigenvalue weighted by Crippen LogP contribution is -2.51. The van der Waals surface area contributed by atoms with Crippen molar-refractivity contribution in [1.82, 2.24) is 25.2 Å². The molecule has 2 atom stereocenters. The molecular formula is C34H35F2N6O6P. The third-order valence-electron chi connectivity index (χ3n) is 10.3. The van der Waals surface area contributed by atoms with Gasteiger partial charge in [-0.2, -0.15) is 9.97 Å². The zero-order valence-corrected chi connectivity index (χ0v) is 27.5. The number of hydrogen-bond acceptors (Lipinski definition) is 10. The average Bonchev–Trinajstić information content (AvgIpc) is 3.76. The predicted molar refractivity (Wildman–Crippen MR) is 177 cm³/mol. The van der Waals surface area contributed by atoms with Gasteiger partial charge in [-0.3, -0.25) is 9.88 Å². The summed E-state index contributed by atoms with van der Waals surface area (Å²) in [6, 6.07) is 6.14. The van der Waals surface area contributed by atoms with E-state index in [0.29, 0.717) is 36.3 Å². The third kappa shape index (κ3) is 5.98. The van der Waals surface area contributed by atoms with E-state index in [1.165, 1.54) is 30.5 Å². The van der Waals surface area contributed by atoms with Gasteiger partial charge in [0.25, 0.3) is 0 Å². The van der Waals surface area contributed by atoms with Gasteiger partial charge < -0.3 is 29.5 Å². The highest BCUT2D eigenvalue weighted by Gasteiger charge is 2.45. The molecule has 0 aliphatic carbocycles. The van der Waals surface area contributed by atoms with Crippen LogP contribution >= 0.6 is 7.82 Å². The number of phosphoric acid groups is 1. The Balaban J connectivity index is 1.26. The molecule has 0 saturated carbocycles. The standard InChI is InChI=1S/C34H35F2N6O6P/c1-2-24-27(35)8-5-20-13-23(47-19-48-49(43,44)45)14-25(28(20)24)30-29(36)31-26(15-37-30)32(41-16-21-6-7-22(17-41)38-21)40-33(39-31)46-18-34-9-3-11-42(34)12-4-10-34/h1,5,8,13-15,21-22,38H,3-4,6-7,9-12,16-19H2,(H2,43,44,45). The van der Waals surface area contributed by atoms with Crippen LogP contribution in [0.1, 0.15) is 44.1 Å². The fraction of sp³-hybridized carbons (Fsp3) is 0.441. The molecule has 15 heteroatoms. The predicted octanol–water partition coefficient (Wildman–Crippen LogP) is 4.50. The Hall–Kier alpha value is -3.96. The normalized spacial score (nSPS) is 21.7. The van der Waals surface area contributed by atoms with Crippen molar-refractivity contribution in [1.29, 1.82) is 0 Å². The summed E-state index contributed by atoms with van der Waals surface area (Å²) >= 11 is 0. The van der Waals surface area contributed by atoms with E-state index in [9.17, 15) is 4.57 Å². The van der Waals surface area contributed by atoms with Gasteiger partial charge in [-0.05, 0) is 75.2 Å². The molecule has 0 radical (unpaired) electrons. The largest absolute Gasteiger partial charge is 0.472 e. The maximum absolute atomic E-state index is 17.0. The lowest BCUT2D eigenvalue weighted by molar-refractivity contribution is 0.0830. The highest BCUT2D eigenvalue weighted by molar-refractivity contribution is 7.46. The Kier molecular flexibility index (Phi) is 8.18. The van der Waals surface area contributed by atoms with Crippen LogP contribution in [-0.2, 0) is 9.09 Å². The summed E-state index contributed by atoms with van der Waals surface area (Å²) in [5, 5.41) is 4.63. The van der Waals surface area contributed by atoms with Gasteiger partial charge in [0.1, 0.15) is 35.2 Å². The van der Waals surface area contributed by atoms with Crippen LogP contribution in [-0.4, -0.2) is 86.8 Å². The zero-order valence-electron chi connectivity index (χ0n) is 26.6. The quantitative estimate of drug-likeness (QED) is 0.129. The van der Waals surface area contributed by atoms with Crippen molar-refractivity contribution in [3.8, 4) is 35.4 Å². The number of aromatic nitrogens is 3. The van der Waals surface area contributed by atoms with Crippen molar-refractivity contribution in [3.05, 3.63) is 47.7 Å². The highest BCUT2D eigenvalue weighted by atomic mass is 31.2. The van der Waals surface area contributed by atoms with E-state index in [-0.39, 0.29) is 57.1 Å². The number of anilines is 1. The molecule has 0 spiro atoms. The van der Waals surface area contributed by atoms with Crippen LogP contribution in [0.15, 0.2) is 30.5 Å². The third-order valence-corrected chi connectivity index (χ3v) is 10.8. The molecule has 12 nitrogen and oxygen atoms in total. The number of ether oxygens (including phenoxy) is 2. The smallest absolute Gasteiger partial charge is 0.467 e. The topological polar surface area (TPSA) is 142 Å². The van der Waals surface area contributed by atoms with Crippen molar-refractivity contribution in [3.63, 3.8) is 0 Å². The summed E-state index contributed by atoms with van der Waals surface area (Å²) in [5.74, 6) is 1.50. The van der Waals surface area contributed by atoms with Crippen LogP contribution in [0.25, 0.3) is 32.9 Å². The number of nitrogens with one attached hydrogen (secondary N) is 1. The second kappa shape index (κ2) is 12.4. The van der Waals surface area contributed by atoms with Gasteiger partial charge in [0.2, 0.25) is 0 Å². The second-order valence-corrected chi connectivity index (χ2v) is 14.5. The first-order valence-corrected chi connectivity index (χ1v) is 17.9. The van der Waals surface area contributed by atoms with E-state index < -0.39 is 26.3 Å². The maximum Gasteiger partial charge on any atom is 0.472 e. The number of fused-ring (bicyclic) bond motifs is 5. The first-order valence-electron chi connectivity index (χ1n) is 16.4. The molecule has 2 aromatic carbocycles. The van der Waals surface area contributed by atoms with E-state index in [4.69, 9.17) is 30.7 Å². The molecule has 49 heavy (non-hydrogen) atoms. The Bertz CT molecular complexity index is 2030. The minimum atomic E-state index is -4.83. The van der Waals surface area contributed by atoms with E-state index in [1.54, 1.807) is 0 Å². The van der Waals surface area contributed by atoms with E-state index in [0.717, 1.165) is 51.6 Å². The number of phosphoric ester groups is 1. The number of halogens is 2. The number of nitrogens with zero attached hydrogens (tertiary/aromatic N) is 5. The molecule has 3 N–H and O–H groups in total. The molecule has 4 aliphatic rings. The van der Waals surface area contributed by atoms with E-state index in [2.05, 4.69) is 35.5 Å². The minimum Gasteiger partial charge on any atom is -0.467 e. The minimum absolute atomic E-state index is 0.00829. The summed E-state index contributed by atoms with van der Waals surface area (Å²) in [7, 11) is -4.83. The molecule has 8 rings (SSSR count). The van der Waals surface area contributed by atoms with Crippen molar-refractivity contribution < 1.29 is 37.1 Å². The monoisotopic (exact) mass is 692 g/mol. The molecule has 2 bridgehead atoms. The van der Waals surface area contributed by atoms with Gasteiger partial charge in [0.05, 0.1) is 16.5 Å². The fourth-order valence-corrected chi connectivity index (χ4v) is 8.32. The molecule has 2 aromatic heterocycles. The van der Waals surface area contributed by atoms with Crippen molar-refractivity contribution in [2.24, 2.45) is 0 Å². The first-order chi connectivity index (χ1) is 23.6. The van der Waals surface area contributed by atoms with Crippen LogP contribution < -0.4 is 19.7 Å². The lowest BCUT2D eigenvalue weighted by atomic mass is 9.95. The number of benzene rings is 2. The molecule has 2 unspecified atom stereocenters. The molecule has 0 amide bonds. The molecule has 4 fully saturated rings. The zero-order chi connectivity index (χ0) is 33.9. The van der Waals surface area contributed by atoms with Gasteiger partial charge in [-0.25, -0.2) is 17.9 Å². The Morgan fingerprint density at radius 2 is 1.84 bits per heavy atom. The molecule has 6 heterocycles. The first kappa shape index (κ1) is 32.3. The Morgan fingerprint density at radius 1 is 1.08 bits per heavy atom. The van der Waals surface area contributed by atoms with Crippen molar-refractivity contribution in [2.45, 2.75) is 56.1 Å². The SMILES string of the molecule is C#Cc1c(F)ccc2cc(OCOP(=O)(O)O)cc(-c3ncc4c(N5CC6CCC(C5)N6)nc(OCC56CCCN5CCC6)nc4c3F)c12. The Morgan fingerprint density at radius 3 is 2.55 bits per heavy atom. The van der Waals surface area contributed by atoms with Gasteiger partial charge in [0.15, 0.2) is 12.6 Å². The molecule has 256 valence electrons. The Labute approximate surface area is 281 Å². The van der Waals surface area contributed by atoms with Gasteiger partial charge in [0, 0.05) is 42.3 Å². The number of piperazine rings is 1. The van der Waals surface area contributed by atoms with E-state index in [1.807, 2.05) is 0 Å². The molecule has 4 aromatic rings. The lowest BCUT2D eigenvalue weighted by Gasteiger charge is -2.34. The number of rotatable bonds is 9. The molecular weight excluding hydrogens is 657 g/mol. The number of hydrogen-bond donors (Lipinski definition) is 3. The maximum atomic E-state index is 17.0. The van der Waals surface area contributed by atoms with Crippen molar-refractivity contribution in [2.75, 3.05) is 44.5 Å². The van der Waals surface area contributed by atoms with Crippen LogP contribution in [0.3, 0.4) is 0 Å². The summed E-state index contributed by atoms with van der Waals surface area (Å²) in [4.78, 5) is 36.8. The number of terminal acetylenes is 1. The summed E-state index contributed by atoms with van der Waals surface area (Å²) in [6.07, 6.45) is 13.6. The van der Waals surface area contributed by atoms with Crippen LogP contribution in [0.2, 0.25) is 0 Å². The number of pyridine rings is 1.